The lowest BCUT2D eigenvalue weighted by Gasteiger charge is -2.04. The molecule has 1 N–H and O–H groups in total. The second kappa shape index (κ2) is 7.41. The number of fused-ring (bicyclic) bond motifs is 1. The van der Waals surface area contributed by atoms with Gasteiger partial charge in [0, 0.05) is 10.4 Å². The molecule has 144 valence electrons. The Morgan fingerprint density at radius 2 is 1.72 bits per heavy atom. The highest BCUT2D eigenvalue weighted by Gasteiger charge is 2.25. The van der Waals surface area contributed by atoms with E-state index in [0.29, 0.717) is 32.7 Å². The lowest BCUT2D eigenvalue weighted by molar-refractivity contribution is -0.400. The molecule has 0 aliphatic carbocycles. The zero-order valence-electron chi connectivity index (χ0n) is 15.0. The summed E-state index contributed by atoms with van der Waals surface area (Å²) in [6, 6.07) is 19.3. The minimum Gasteiger partial charge on any atom is -0.481 e. The number of benzene rings is 3. The van der Waals surface area contributed by atoms with Crippen LogP contribution in [0, 0.1) is 10.1 Å². The van der Waals surface area contributed by atoms with Gasteiger partial charge in [0.1, 0.15) is 16.1 Å². The highest BCUT2D eigenvalue weighted by atomic mass is 35.5. The van der Waals surface area contributed by atoms with Gasteiger partial charge in [-0.2, -0.15) is 0 Å². The van der Waals surface area contributed by atoms with E-state index in [4.69, 9.17) is 21.1 Å². The lowest BCUT2D eigenvalue weighted by Crippen LogP contribution is -1.99. The van der Waals surface area contributed by atoms with Crippen LogP contribution in [-0.4, -0.2) is 16.0 Å². The highest BCUT2D eigenvalue weighted by molar-refractivity contribution is 6.31. The Labute approximate surface area is 170 Å². The lowest BCUT2D eigenvalue weighted by atomic mass is 9.98. The number of carboxylic acids is 1. The fourth-order valence-corrected chi connectivity index (χ4v) is 3.50. The Hall–Kier alpha value is -3.64. The van der Waals surface area contributed by atoms with Gasteiger partial charge in [-0.3, -0.25) is 14.9 Å². The van der Waals surface area contributed by atoms with Gasteiger partial charge in [0.25, 0.3) is 0 Å². The number of carbonyl (C=O) groups is 1. The SMILES string of the molecule is O=C(O)Cc1ccc(-c2ccc3oc([N+](=O)[O-])c(-c4cccc(Cl)c4)c3c2)cc1. The summed E-state index contributed by atoms with van der Waals surface area (Å²) in [5, 5.41) is 21.5. The maximum Gasteiger partial charge on any atom is 0.442 e. The number of nitro groups is 1. The second-order valence-corrected chi connectivity index (χ2v) is 6.96. The smallest absolute Gasteiger partial charge is 0.442 e. The Bertz CT molecular complexity index is 1240. The van der Waals surface area contributed by atoms with Crippen LogP contribution >= 0.6 is 11.6 Å². The van der Waals surface area contributed by atoms with Crippen molar-refractivity contribution in [3.63, 3.8) is 0 Å². The molecule has 0 spiro atoms. The number of rotatable bonds is 5. The minimum atomic E-state index is -0.893. The standard InChI is InChI=1S/C22H14ClNO5/c23-17-3-1-2-16(11-17)21-18-12-15(8-9-19(18)29-22(21)24(27)28)14-6-4-13(5-7-14)10-20(25)26/h1-9,11-12H,10H2,(H,25,26). The molecule has 0 atom stereocenters. The van der Waals surface area contributed by atoms with Crippen LogP contribution in [0.1, 0.15) is 5.56 Å². The molecule has 0 unspecified atom stereocenters. The van der Waals surface area contributed by atoms with Gasteiger partial charge in [0.2, 0.25) is 0 Å². The Balaban J connectivity index is 1.86. The molecular weight excluding hydrogens is 394 g/mol. The molecule has 0 bridgehead atoms. The fourth-order valence-electron chi connectivity index (χ4n) is 3.31. The van der Waals surface area contributed by atoms with Crippen molar-refractivity contribution in [2.45, 2.75) is 6.42 Å². The zero-order chi connectivity index (χ0) is 20.5. The first kappa shape index (κ1) is 18.7. The number of nitrogens with zero attached hydrogens (tertiary/aromatic N) is 1. The van der Waals surface area contributed by atoms with Crippen LogP contribution in [0.2, 0.25) is 5.02 Å². The van der Waals surface area contributed by atoms with Crippen molar-refractivity contribution in [2.75, 3.05) is 0 Å². The minimum absolute atomic E-state index is 0.0494. The van der Waals surface area contributed by atoms with Crippen LogP contribution in [0.15, 0.2) is 71.1 Å². The monoisotopic (exact) mass is 407 g/mol. The summed E-state index contributed by atoms with van der Waals surface area (Å²) >= 11 is 6.08. The number of hydrogen-bond donors (Lipinski definition) is 1. The van der Waals surface area contributed by atoms with Crippen molar-refractivity contribution in [3.8, 4) is 22.3 Å². The van der Waals surface area contributed by atoms with E-state index in [1.807, 2.05) is 24.3 Å². The van der Waals surface area contributed by atoms with Gasteiger partial charge >= 0.3 is 11.9 Å². The summed E-state index contributed by atoms with van der Waals surface area (Å²) in [6.07, 6.45) is -0.0494. The van der Waals surface area contributed by atoms with Gasteiger partial charge < -0.3 is 9.52 Å². The predicted octanol–water partition coefficient (Wildman–Crippen LogP) is 5.96. The third kappa shape index (κ3) is 3.70. The maximum absolute atomic E-state index is 11.6. The van der Waals surface area contributed by atoms with Crippen LogP contribution < -0.4 is 0 Å². The van der Waals surface area contributed by atoms with E-state index < -0.39 is 10.9 Å². The molecular formula is C22H14ClNO5. The normalized spacial score (nSPS) is 10.9. The molecule has 0 radical (unpaired) electrons. The quantitative estimate of drug-likeness (QED) is 0.325. The molecule has 0 aliphatic heterocycles. The van der Waals surface area contributed by atoms with Crippen molar-refractivity contribution < 1.29 is 19.2 Å². The van der Waals surface area contributed by atoms with Crippen LogP contribution in [0.4, 0.5) is 5.88 Å². The first-order valence-electron chi connectivity index (χ1n) is 8.70. The van der Waals surface area contributed by atoms with Crippen molar-refractivity contribution in [2.24, 2.45) is 0 Å². The van der Waals surface area contributed by atoms with Gasteiger partial charge in [0.05, 0.1) is 6.42 Å². The van der Waals surface area contributed by atoms with Crippen molar-refractivity contribution in [3.05, 3.63) is 87.4 Å². The van der Waals surface area contributed by atoms with Gasteiger partial charge in [-0.1, -0.05) is 54.1 Å². The van der Waals surface area contributed by atoms with Gasteiger partial charge in [0.15, 0.2) is 0 Å². The molecule has 0 saturated heterocycles. The Kier molecular flexibility index (Phi) is 4.78. The van der Waals surface area contributed by atoms with Gasteiger partial charge in [-0.15, -0.1) is 0 Å². The molecule has 0 amide bonds. The first-order chi connectivity index (χ1) is 13.9. The number of carboxylic acid groups (broad SMARTS) is 1. The number of halogens is 1. The van der Waals surface area contributed by atoms with E-state index in [1.165, 1.54) is 0 Å². The molecule has 3 aromatic carbocycles. The summed E-state index contributed by atoms with van der Waals surface area (Å²) in [5.74, 6) is -1.23. The largest absolute Gasteiger partial charge is 0.481 e. The molecule has 4 rings (SSSR count). The average Bonchev–Trinajstić information content (AvgIpc) is 3.07. The zero-order valence-corrected chi connectivity index (χ0v) is 15.7. The molecule has 1 heterocycles. The molecule has 29 heavy (non-hydrogen) atoms. The summed E-state index contributed by atoms with van der Waals surface area (Å²) in [4.78, 5) is 21.9. The van der Waals surface area contributed by atoms with E-state index in [1.54, 1.807) is 42.5 Å². The molecule has 1 aromatic heterocycles. The second-order valence-electron chi connectivity index (χ2n) is 6.53. The van der Waals surface area contributed by atoms with Gasteiger partial charge in [-0.25, -0.2) is 0 Å². The average molecular weight is 408 g/mol. The Morgan fingerprint density at radius 1 is 1.00 bits per heavy atom. The van der Waals surface area contributed by atoms with E-state index in [-0.39, 0.29) is 12.3 Å². The molecule has 4 aromatic rings. The Morgan fingerprint density at radius 3 is 2.38 bits per heavy atom. The molecule has 0 saturated carbocycles. The van der Waals surface area contributed by atoms with Crippen LogP contribution in [-0.2, 0) is 11.2 Å². The molecule has 6 nitrogen and oxygen atoms in total. The van der Waals surface area contributed by atoms with Crippen molar-refractivity contribution in [1.82, 2.24) is 0 Å². The van der Waals surface area contributed by atoms with E-state index in [0.717, 1.165) is 11.1 Å². The molecule has 7 heteroatoms. The number of aliphatic carboxylic acids is 1. The number of furan rings is 1. The van der Waals surface area contributed by atoms with E-state index >= 15 is 0 Å². The fraction of sp³-hybridized carbons (Fsp3) is 0.0455. The third-order valence-corrected chi connectivity index (χ3v) is 4.83. The summed E-state index contributed by atoms with van der Waals surface area (Å²) < 4.78 is 5.50. The first-order valence-corrected chi connectivity index (χ1v) is 9.08. The predicted molar refractivity (Wildman–Crippen MR) is 110 cm³/mol. The van der Waals surface area contributed by atoms with Crippen LogP contribution in [0.25, 0.3) is 33.2 Å². The highest BCUT2D eigenvalue weighted by Crippen LogP contribution is 2.41. The van der Waals surface area contributed by atoms with Crippen LogP contribution in [0.3, 0.4) is 0 Å². The number of hydrogen-bond acceptors (Lipinski definition) is 4. The summed E-state index contributed by atoms with van der Waals surface area (Å²) in [5.41, 5.74) is 3.76. The summed E-state index contributed by atoms with van der Waals surface area (Å²) in [6.45, 7) is 0. The van der Waals surface area contributed by atoms with E-state index in [2.05, 4.69) is 0 Å². The van der Waals surface area contributed by atoms with Crippen molar-refractivity contribution in [1.29, 1.82) is 0 Å². The molecule has 0 fully saturated rings. The third-order valence-electron chi connectivity index (χ3n) is 4.59. The van der Waals surface area contributed by atoms with Crippen molar-refractivity contribution >= 4 is 34.4 Å². The molecule has 0 aliphatic rings. The van der Waals surface area contributed by atoms with Crippen LogP contribution in [0.5, 0.6) is 0 Å². The van der Waals surface area contributed by atoms with E-state index in [9.17, 15) is 14.9 Å². The van der Waals surface area contributed by atoms with Gasteiger partial charge in [-0.05, 0) is 46.5 Å². The summed E-state index contributed by atoms with van der Waals surface area (Å²) in [7, 11) is 0. The topological polar surface area (TPSA) is 93.6 Å². The maximum atomic E-state index is 11.6.